The van der Waals surface area contributed by atoms with Crippen molar-refractivity contribution < 1.29 is 4.39 Å². The third kappa shape index (κ3) is 3.32. The molecule has 0 spiro atoms. The van der Waals surface area contributed by atoms with Gasteiger partial charge < -0.3 is 5.32 Å². The molecule has 0 fully saturated rings. The van der Waals surface area contributed by atoms with Gasteiger partial charge >= 0.3 is 0 Å². The van der Waals surface area contributed by atoms with Crippen LogP contribution >= 0.6 is 11.3 Å². The lowest BCUT2D eigenvalue weighted by Gasteiger charge is -2.13. The van der Waals surface area contributed by atoms with E-state index in [1.165, 1.54) is 6.07 Å². The highest BCUT2D eigenvalue weighted by atomic mass is 32.1. The predicted octanol–water partition coefficient (Wildman–Crippen LogP) is 4.50. The maximum atomic E-state index is 13.7. The van der Waals surface area contributed by atoms with Gasteiger partial charge in [0.1, 0.15) is 5.82 Å². The Morgan fingerprint density at radius 2 is 2.05 bits per heavy atom. The molecule has 1 aromatic heterocycles. The zero-order valence-electron chi connectivity index (χ0n) is 11.7. The summed E-state index contributed by atoms with van der Waals surface area (Å²) in [7, 11) is 0. The second kappa shape index (κ2) is 5.29. The summed E-state index contributed by atoms with van der Waals surface area (Å²) in [6.45, 7) is 8.94. The predicted molar refractivity (Wildman–Crippen MR) is 79.3 cm³/mol. The number of benzene rings is 1. The van der Waals surface area contributed by atoms with Crippen LogP contribution < -0.4 is 5.32 Å². The molecule has 2 aromatic rings. The molecule has 1 heterocycles. The number of para-hydroxylation sites is 1. The van der Waals surface area contributed by atoms with Crippen LogP contribution in [0.15, 0.2) is 24.4 Å². The lowest BCUT2D eigenvalue weighted by molar-refractivity contribution is 0.585. The van der Waals surface area contributed by atoms with Gasteiger partial charge in [-0.15, -0.1) is 11.3 Å². The van der Waals surface area contributed by atoms with E-state index in [1.54, 1.807) is 17.4 Å². The van der Waals surface area contributed by atoms with E-state index in [1.807, 2.05) is 19.2 Å². The summed E-state index contributed by atoms with van der Waals surface area (Å²) in [5, 5.41) is 4.26. The maximum Gasteiger partial charge on any atom is 0.146 e. The Labute approximate surface area is 117 Å². The third-order valence-electron chi connectivity index (χ3n) is 2.86. The number of aryl methyl sites for hydroxylation is 1. The number of aromatic nitrogens is 1. The lowest BCUT2D eigenvalue weighted by Crippen LogP contribution is -2.09. The molecule has 1 N–H and O–H groups in total. The number of nitrogens with one attached hydrogen (secondary N) is 1. The van der Waals surface area contributed by atoms with E-state index in [0.717, 1.165) is 15.4 Å². The summed E-state index contributed by atoms with van der Waals surface area (Å²) in [4.78, 5) is 5.55. The number of hydrogen-bond donors (Lipinski definition) is 1. The van der Waals surface area contributed by atoms with Gasteiger partial charge in [-0.3, -0.25) is 0 Å². The number of halogens is 1. The second-order valence-electron chi connectivity index (χ2n) is 5.67. The SMILES string of the molecule is Cc1cccc(F)c1NCc1cnc(C(C)(C)C)s1. The topological polar surface area (TPSA) is 24.9 Å². The van der Waals surface area contributed by atoms with Crippen LogP contribution in [0.3, 0.4) is 0 Å². The van der Waals surface area contributed by atoms with Crippen molar-refractivity contribution in [3.05, 3.63) is 45.7 Å². The van der Waals surface area contributed by atoms with Crippen LogP contribution in [0.4, 0.5) is 10.1 Å². The van der Waals surface area contributed by atoms with Gasteiger partial charge in [0.25, 0.3) is 0 Å². The van der Waals surface area contributed by atoms with Crippen molar-refractivity contribution in [1.29, 1.82) is 0 Å². The van der Waals surface area contributed by atoms with Gasteiger partial charge in [0.05, 0.1) is 17.2 Å². The Morgan fingerprint density at radius 3 is 2.63 bits per heavy atom. The first kappa shape index (κ1) is 14.0. The monoisotopic (exact) mass is 278 g/mol. The van der Waals surface area contributed by atoms with Gasteiger partial charge in [-0.2, -0.15) is 0 Å². The van der Waals surface area contributed by atoms with Crippen LogP contribution in [-0.2, 0) is 12.0 Å². The molecule has 0 aliphatic carbocycles. The summed E-state index contributed by atoms with van der Waals surface area (Å²) in [5.74, 6) is -0.208. The molecule has 2 nitrogen and oxygen atoms in total. The van der Waals surface area contributed by atoms with Gasteiger partial charge in [-0.05, 0) is 18.6 Å². The summed E-state index contributed by atoms with van der Waals surface area (Å²) < 4.78 is 13.7. The number of hydrogen-bond acceptors (Lipinski definition) is 3. The largest absolute Gasteiger partial charge is 0.378 e. The van der Waals surface area contributed by atoms with Crippen molar-refractivity contribution in [3.8, 4) is 0 Å². The fourth-order valence-corrected chi connectivity index (χ4v) is 2.68. The number of anilines is 1. The van der Waals surface area contributed by atoms with E-state index in [4.69, 9.17) is 0 Å². The van der Waals surface area contributed by atoms with Gasteiger partial charge in [-0.25, -0.2) is 9.37 Å². The van der Waals surface area contributed by atoms with Crippen molar-refractivity contribution >= 4 is 17.0 Å². The molecular formula is C15H19FN2S. The number of rotatable bonds is 3. The first-order valence-corrected chi connectivity index (χ1v) is 7.14. The van der Waals surface area contributed by atoms with Gasteiger partial charge in [0.2, 0.25) is 0 Å². The molecule has 0 unspecified atom stereocenters. The Hall–Kier alpha value is -1.42. The minimum atomic E-state index is -0.208. The quantitative estimate of drug-likeness (QED) is 0.894. The molecule has 19 heavy (non-hydrogen) atoms. The average Bonchev–Trinajstić information content (AvgIpc) is 2.77. The van der Waals surface area contributed by atoms with E-state index in [-0.39, 0.29) is 11.2 Å². The number of nitrogens with zero attached hydrogens (tertiary/aromatic N) is 1. The maximum absolute atomic E-state index is 13.7. The fourth-order valence-electron chi connectivity index (χ4n) is 1.77. The molecule has 0 aliphatic heterocycles. The van der Waals surface area contributed by atoms with Crippen LogP contribution in [0.5, 0.6) is 0 Å². The van der Waals surface area contributed by atoms with Crippen LogP contribution in [-0.4, -0.2) is 4.98 Å². The van der Waals surface area contributed by atoms with E-state index in [0.29, 0.717) is 12.2 Å². The Balaban J connectivity index is 2.09. The summed E-state index contributed by atoms with van der Waals surface area (Å²) >= 11 is 1.67. The van der Waals surface area contributed by atoms with E-state index < -0.39 is 0 Å². The summed E-state index contributed by atoms with van der Waals surface area (Å²) in [6.07, 6.45) is 1.87. The van der Waals surface area contributed by atoms with Crippen LogP contribution in [0.2, 0.25) is 0 Å². The van der Waals surface area contributed by atoms with E-state index >= 15 is 0 Å². The van der Waals surface area contributed by atoms with Crippen molar-refractivity contribution in [2.75, 3.05) is 5.32 Å². The molecule has 0 amide bonds. The minimum Gasteiger partial charge on any atom is -0.378 e. The molecule has 1 aromatic carbocycles. The van der Waals surface area contributed by atoms with Gasteiger partial charge in [0.15, 0.2) is 0 Å². The molecule has 102 valence electrons. The zero-order valence-corrected chi connectivity index (χ0v) is 12.6. The van der Waals surface area contributed by atoms with E-state index in [9.17, 15) is 4.39 Å². The van der Waals surface area contributed by atoms with E-state index in [2.05, 4.69) is 31.1 Å². The molecule has 0 aliphatic rings. The molecule has 0 bridgehead atoms. The zero-order chi connectivity index (χ0) is 14.0. The average molecular weight is 278 g/mol. The van der Waals surface area contributed by atoms with Crippen molar-refractivity contribution in [2.45, 2.75) is 39.7 Å². The number of thiazole rings is 1. The van der Waals surface area contributed by atoms with Crippen molar-refractivity contribution in [1.82, 2.24) is 4.98 Å². The minimum absolute atomic E-state index is 0.0663. The molecule has 0 radical (unpaired) electrons. The molecular weight excluding hydrogens is 259 g/mol. The fraction of sp³-hybridized carbons (Fsp3) is 0.400. The molecule has 4 heteroatoms. The van der Waals surface area contributed by atoms with Crippen LogP contribution in [0.25, 0.3) is 0 Å². The van der Waals surface area contributed by atoms with Crippen LogP contribution in [0.1, 0.15) is 36.2 Å². The summed E-state index contributed by atoms with van der Waals surface area (Å²) in [5.41, 5.74) is 1.56. The third-order valence-corrected chi connectivity index (χ3v) is 4.28. The Morgan fingerprint density at radius 1 is 1.32 bits per heavy atom. The molecule has 0 saturated carbocycles. The summed E-state index contributed by atoms with van der Waals surface area (Å²) in [6, 6.07) is 5.10. The normalized spacial score (nSPS) is 11.6. The van der Waals surface area contributed by atoms with Gasteiger partial charge in [-0.1, -0.05) is 32.9 Å². The first-order valence-electron chi connectivity index (χ1n) is 6.32. The smallest absolute Gasteiger partial charge is 0.146 e. The Kier molecular flexibility index (Phi) is 3.90. The highest BCUT2D eigenvalue weighted by molar-refractivity contribution is 7.11. The van der Waals surface area contributed by atoms with Crippen molar-refractivity contribution in [2.24, 2.45) is 0 Å². The first-order chi connectivity index (χ1) is 8.88. The second-order valence-corrected chi connectivity index (χ2v) is 6.78. The Bertz CT molecular complexity index is 550. The lowest BCUT2D eigenvalue weighted by atomic mass is 9.98. The van der Waals surface area contributed by atoms with Gasteiger partial charge in [0, 0.05) is 16.5 Å². The molecule has 2 rings (SSSR count). The standard InChI is InChI=1S/C15H19FN2S/c1-10-6-5-7-12(16)13(10)17-8-11-9-18-14(19-11)15(2,3)4/h5-7,9,17H,8H2,1-4H3. The molecule has 0 atom stereocenters. The van der Waals surface area contributed by atoms with Crippen molar-refractivity contribution in [3.63, 3.8) is 0 Å². The highest BCUT2D eigenvalue weighted by Crippen LogP contribution is 2.27. The highest BCUT2D eigenvalue weighted by Gasteiger charge is 2.18. The van der Waals surface area contributed by atoms with Crippen LogP contribution in [0, 0.1) is 12.7 Å². The molecule has 0 saturated heterocycles.